The van der Waals surface area contributed by atoms with Crippen molar-refractivity contribution in [2.45, 2.75) is 41.7 Å². The molecule has 1 heterocycles. The summed E-state index contributed by atoms with van der Waals surface area (Å²) in [5.74, 6) is -0.505. The average molecular weight is 405 g/mol. The van der Waals surface area contributed by atoms with Gasteiger partial charge in [-0.25, -0.2) is 4.39 Å². The summed E-state index contributed by atoms with van der Waals surface area (Å²) in [6, 6.07) is 13.2. The fourth-order valence-corrected chi connectivity index (χ4v) is 4.65. The molecule has 0 spiro atoms. The number of ether oxygens (including phenoxy) is 2. The summed E-state index contributed by atoms with van der Waals surface area (Å²) in [6.07, 6.45) is 0.343. The number of nitrogens with one attached hydrogen (secondary N) is 1. The number of carboxylic acids is 1. The molecule has 28 heavy (non-hydrogen) atoms. The Bertz CT molecular complexity index is 816. The molecule has 3 atom stereocenters. The van der Waals surface area contributed by atoms with Crippen LogP contribution in [-0.4, -0.2) is 41.6 Å². The standard InChI is InChI=1S/C21H24FNO4S/c1-21(10-11-26-19(21)18(23-2)20(24)25)28-17-8-6-16(7-9-17)27-13-14-4-3-5-15(22)12-14/h3-9,12,18-19,23H,10-11,13H2,1-2H3,(H,24,25)/t18?,19-,21-/m1/s1. The topological polar surface area (TPSA) is 67.8 Å². The van der Waals surface area contributed by atoms with Gasteiger partial charge in [0, 0.05) is 16.2 Å². The van der Waals surface area contributed by atoms with Gasteiger partial charge in [0.15, 0.2) is 0 Å². The van der Waals surface area contributed by atoms with Gasteiger partial charge in [0.05, 0.1) is 6.10 Å². The maximum atomic E-state index is 13.2. The van der Waals surface area contributed by atoms with Gasteiger partial charge in [-0.15, -0.1) is 11.8 Å². The van der Waals surface area contributed by atoms with Crippen molar-refractivity contribution >= 4 is 17.7 Å². The highest BCUT2D eigenvalue weighted by atomic mass is 32.2. The molecule has 1 saturated heterocycles. The molecule has 1 aliphatic heterocycles. The number of hydrogen-bond acceptors (Lipinski definition) is 5. The molecule has 7 heteroatoms. The summed E-state index contributed by atoms with van der Waals surface area (Å²) >= 11 is 1.61. The van der Waals surface area contributed by atoms with E-state index in [0.717, 1.165) is 16.9 Å². The summed E-state index contributed by atoms with van der Waals surface area (Å²) < 4.78 is 24.4. The van der Waals surface area contributed by atoms with Gasteiger partial charge in [0.1, 0.15) is 24.2 Å². The Kier molecular flexibility index (Phi) is 6.59. The van der Waals surface area contributed by atoms with Crippen molar-refractivity contribution < 1.29 is 23.8 Å². The largest absolute Gasteiger partial charge is 0.489 e. The highest BCUT2D eigenvalue weighted by Crippen LogP contribution is 2.44. The van der Waals surface area contributed by atoms with Gasteiger partial charge >= 0.3 is 5.97 Å². The highest BCUT2D eigenvalue weighted by molar-refractivity contribution is 8.00. The first-order valence-electron chi connectivity index (χ1n) is 9.09. The minimum atomic E-state index is -0.915. The van der Waals surface area contributed by atoms with Gasteiger partial charge < -0.3 is 19.9 Å². The van der Waals surface area contributed by atoms with Crippen molar-refractivity contribution in [3.63, 3.8) is 0 Å². The molecule has 0 bridgehead atoms. The molecule has 1 fully saturated rings. The first-order chi connectivity index (χ1) is 13.4. The van der Waals surface area contributed by atoms with E-state index in [9.17, 15) is 14.3 Å². The summed E-state index contributed by atoms with van der Waals surface area (Å²) in [7, 11) is 1.64. The molecule has 0 saturated carbocycles. The molecular weight excluding hydrogens is 381 g/mol. The smallest absolute Gasteiger partial charge is 0.323 e. The Labute approximate surface area is 168 Å². The molecule has 2 N–H and O–H groups in total. The number of halogens is 1. The molecule has 3 rings (SSSR count). The number of carboxylic acid groups (broad SMARTS) is 1. The van der Waals surface area contributed by atoms with Crippen LogP contribution in [-0.2, 0) is 16.1 Å². The lowest BCUT2D eigenvalue weighted by molar-refractivity contribution is -0.143. The second kappa shape index (κ2) is 8.94. The van der Waals surface area contributed by atoms with Crippen molar-refractivity contribution in [3.05, 3.63) is 59.9 Å². The quantitative estimate of drug-likeness (QED) is 0.698. The van der Waals surface area contributed by atoms with E-state index in [1.54, 1.807) is 24.9 Å². The number of thioether (sulfide) groups is 1. The first-order valence-corrected chi connectivity index (χ1v) is 9.91. The SMILES string of the molecule is CNC(C(=O)O)[C@H]1OCC[C@@]1(C)Sc1ccc(OCc2cccc(F)c2)cc1. The van der Waals surface area contributed by atoms with Crippen LogP contribution < -0.4 is 10.1 Å². The molecule has 0 amide bonds. The first kappa shape index (κ1) is 20.6. The summed E-state index contributed by atoms with van der Waals surface area (Å²) in [4.78, 5) is 12.5. The molecular formula is C21H24FNO4S. The van der Waals surface area contributed by atoms with Crippen molar-refractivity contribution in [3.8, 4) is 5.75 Å². The third-order valence-corrected chi connectivity index (χ3v) is 6.26. The molecule has 1 unspecified atom stereocenters. The minimum absolute atomic E-state index is 0.282. The molecule has 150 valence electrons. The van der Waals surface area contributed by atoms with Crippen LogP contribution in [0.5, 0.6) is 5.75 Å². The number of benzene rings is 2. The second-order valence-corrected chi connectivity index (χ2v) is 8.56. The number of likely N-dealkylation sites (N-methyl/N-ethyl adjacent to an activating group) is 1. The van der Waals surface area contributed by atoms with Gasteiger partial charge in [-0.3, -0.25) is 4.79 Å². The number of hydrogen-bond donors (Lipinski definition) is 2. The van der Waals surface area contributed by atoms with Crippen LogP contribution in [0.4, 0.5) is 4.39 Å². The van der Waals surface area contributed by atoms with E-state index in [1.807, 2.05) is 37.3 Å². The van der Waals surface area contributed by atoms with Crippen LogP contribution in [0.1, 0.15) is 18.9 Å². The van der Waals surface area contributed by atoms with Crippen LogP contribution in [0, 0.1) is 5.82 Å². The summed E-state index contributed by atoms with van der Waals surface area (Å²) in [5, 5.41) is 12.3. The van der Waals surface area contributed by atoms with E-state index >= 15 is 0 Å². The van der Waals surface area contributed by atoms with Crippen molar-refractivity contribution in [2.75, 3.05) is 13.7 Å². The molecule has 0 radical (unpaired) electrons. The Balaban J connectivity index is 1.63. The van der Waals surface area contributed by atoms with Crippen molar-refractivity contribution in [2.24, 2.45) is 0 Å². The third-order valence-electron chi connectivity index (χ3n) is 4.85. The Morgan fingerprint density at radius 3 is 2.79 bits per heavy atom. The maximum absolute atomic E-state index is 13.2. The van der Waals surface area contributed by atoms with Crippen LogP contribution in [0.3, 0.4) is 0 Å². The Morgan fingerprint density at radius 2 is 2.14 bits per heavy atom. The second-order valence-electron chi connectivity index (χ2n) is 6.95. The van der Waals surface area contributed by atoms with Crippen LogP contribution in [0.15, 0.2) is 53.4 Å². The number of rotatable bonds is 8. The normalized spacial score (nSPS) is 22.8. The van der Waals surface area contributed by atoms with Gasteiger partial charge in [0.2, 0.25) is 0 Å². The van der Waals surface area contributed by atoms with Gasteiger partial charge in [0.25, 0.3) is 0 Å². The highest BCUT2D eigenvalue weighted by Gasteiger charge is 2.47. The predicted molar refractivity (Wildman–Crippen MR) is 106 cm³/mol. The maximum Gasteiger partial charge on any atom is 0.323 e. The average Bonchev–Trinajstić information content (AvgIpc) is 3.02. The van der Waals surface area contributed by atoms with E-state index in [1.165, 1.54) is 12.1 Å². The molecule has 0 aliphatic carbocycles. The van der Waals surface area contributed by atoms with Crippen molar-refractivity contribution in [1.29, 1.82) is 0 Å². The molecule has 0 aromatic heterocycles. The fourth-order valence-electron chi connectivity index (χ4n) is 3.34. The lowest BCUT2D eigenvalue weighted by Crippen LogP contribution is -2.51. The lowest BCUT2D eigenvalue weighted by Gasteiger charge is -2.33. The fraction of sp³-hybridized carbons (Fsp3) is 0.381. The van der Waals surface area contributed by atoms with Crippen LogP contribution >= 0.6 is 11.8 Å². The van der Waals surface area contributed by atoms with E-state index in [4.69, 9.17) is 9.47 Å². The molecule has 2 aromatic rings. The van der Waals surface area contributed by atoms with Gasteiger partial charge in [-0.2, -0.15) is 0 Å². The van der Waals surface area contributed by atoms with Crippen LogP contribution in [0.2, 0.25) is 0 Å². The predicted octanol–water partition coefficient (Wildman–Crippen LogP) is 3.72. The van der Waals surface area contributed by atoms with E-state index < -0.39 is 18.1 Å². The zero-order valence-electron chi connectivity index (χ0n) is 15.9. The van der Waals surface area contributed by atoms with Crippen LogP contribution in [0.25, 0.3) is 0 Å². The Hall–Kier alpha value is -2.09. The monoisotopic (exact) mass is 405 g/mol. The zero-order valence-corrected chi connectivity index (χ0v) is 16.7. The Morgan fingerprint density at radius 1 is 1.39 bits per heavy atom. The number of aliphatic carboxylic acids is 1. The molecule has 5 nitrogen and oxygen atoms in total. The molecule has 2 aromatic carbocycles. The summed E-state index contributed by atoms with van der Waals surface area (Å²) in [5.41, 5.74) is 0.767. The van der Waals surface area contributed by atoms with E-state index in [2.05, 4.69) is 5.32 Å². The summed E-state index contributed by atoms with van der Waals surface area (Å²) in [6.45, 7) is 2.87. The third kappa shape index (κ3) is 4.84. The van der Waals surface area contributed by atoms with Crippen molar-refractivity contribution in [1.82, 2.24) is 5.32 Å². The number of carbonyl (C=O) groups is 1. The van der Waals surface area contributed by atoms with E-state index in [-0.39, 0.29) is 10.6 Å². The molecule has 1 aliphatic rings. The van der Waals surface area contributed by atoms with Gasteiger partial charge in [-0.1, -0.05) is 12.1 Å². The van der Waals surface area contributed by atoms with E-state index in [0.29, 0.717) is 19.0 Å². The zero-order chi connectivity index (χ0) is 20.1. The lowest BCUT2D eigenvalue weighted by atomic mass is 9.96. The minimum Gasteiger partial charge on any atom is -0.489 e. The van der Waals surface area contributed by atoms with Gasteiger partial charge in [-0.05, 0) is 62.4 Å².